The number of phenolic OH excluding ortho intramolecular Hbond substituents is 3. The summed E-state index contributed by atoms with van der Waals surface area (Å²) in [6.45, 7) is 5.88. The van der Waals surface area contributed by atoms with Crippen LogP contribution in [0.15, 0.2) is 36.4 Å². The molecule has 3 heteroatoms. The topological polar surface area (TPSA) is 60.7 Å². The van der Waals surface area contributed by atoms with E-state index in [-0.39, 0.29) is 5.75 Å². The molecule has 2 fully saturated rings. The van der Waals surface area contributed by atoms with Gasteiger partial charge in [0, 0.05) is 5.56 Å². The fourth-order valence-corrected chi connectivity index (χ4v) is 6.59. The largest absolute Gasteiger partial charge is 0.507 e. The van der Waals surface area contributed by atoms with Gasteiger partial charge < -0.3 is 15.3 Å². The van der Waals surface area contributed by atoms with Crippen molar-refractivity contribution in [1.82, 2.24) is 0 Å². The Morgan fingerprint density at radius 2 is 1.00 bits per heavy atom. The first-order valence-corrected chi connectivity index (χ1v) is 13.9. The Hall–Kier alpha value is -2.94. The quantitative estimate of drug-likeness (QED) is 0.346. The molecule has 3 aromatic rings. The second-order valence-corrected chi connectivity index (χ2v) is 11.3. The van der Waals surface area contributed by atoms with Crippen molar-refractivity contribution in [2.45, 2.75) is 96.8 Å². The fourth-order valence-electron chi connectivity index (χ4n) is 6.59. The van der Waals surface area contributed by atoms with Crippen molar-refractivity contribution in [3.63, 3.8) is 0 Å². The lowest BCUT2D eigenvalue weighted by Gasteiger charge is -2.26. The number of phenols is 3. The SMILES string of the molecule is Cc1cc(-c2ccc(C)c(O)c2-c2cc(C)c(O)c(C3CCCCC3)c2)cc(C2CCCCC2)c1O. The van der Waals surface area contributed by atoms with Crippen molar-refractivity contribution < 1.29 is 15.3 Å². The number of hydrogen-bond acceptors (Lipinski definition) is 3. The van der Waals surface area contributed by atoms with Gasteiger partial charge in [-0.05, 0) is 127 Å². The summed E-state index contributed by atoms with van der Waals surface area (Å²) in [6, 6.07) is 12.4. The van der Waals surface area contributed by atoms with Crippen LogP contribution in [0, 0.1) is 20.8 Å². The molecule has 2 saturated carbocycles. The first kappa shape index (κ1) is 24.7. The van der Waals surface area contributed by atoms with E-state index in [1.807, 2.05) is 39.0 Å². The molecule has 3 nitrogen and oxygen atoms in total. The molecule has 0 aromatic heterocycles. The lowest BCUT2D eigenvalue weighted by molar-refractivity contribution is 0.412. The molecule has 0 atom stereocenters. The lowest BCUT2D eigenvalue weighted by Crippen LogP contribution is -2.06. The molecule has 0 bridgehead atoms. The van der Waals surface area contributed by atoms with Crippen LogP contribution in [-0.4, -0.2) is 15.3 Å². The van der Waals surface area contributed by atoms with Crippen LogP contribution >= 0.6 is 0 Å². The van der Waals surface area contributed by atoms with E-state index in [9.17, 15) is 15.3 Å². The summed E-state index contributed by atoms with van der Waals surface area (Å²) in [4.78, 5) is 0. The average Bonchev–Trinajstić information content (AvgIpc) is 2.89. The Bertz CT molecular complexity index is 1260. The zero-order chi connectivity index (χ0) is 25.4. The monoisotopic (exact) mass is 484 g/mol. The Labute approximate surface area is 215 Å². The zero-order valence-electron chi connectivity index (χ0n) is 22.0. The molecule has 2 aliphatic rings. The normalized spacial score (nSPS) is 17.4. The number of aryl methyl sites for hydroxylation is 3. The Morgan fingerprint density at radius 1 is 0.528 bits per heavy atom. The van der Waals surface area contributed by atoms with Crippen LogP contribution in [0.25, 0.3) is 22.3 Å². The third kappa shape index (κ3) is 4.61. The molecule has 0 amide bonds. The van der Waals surface area contributed by atoms with E-state index in [1.54, 1.807) is 0 Å². The highest BCUT2D eigenvalue weighted by atomic mass is 16.3. The smallest absolute Gasteiger partial charge is 0.126 e. The van der Waals surface area contributed by atoms with Gasteiger partial charge in [-0.2, -0.15) is 0 Å². The summed E-state index contributed by atoms with van der Waals surface area (Å²) in [5, 5.41) is 33.3. The maximum absolute atomic E-state index is 11.4. The van der Waals surface area contributed by atoms with E-state index >= 15 is 0 Å². The summed E-state index contributed by atoms with van der Waals surface area (Å²) < 4.78 is 0. The van der Waals surface area contributed by atoms with Gasteiger partial charge in [0.25, 0.3) is 0 Å². The highest BCUT2D eigenvalue weighted by molar-refractivity contribution is 5.90. The minimum atomic E-state index is 0.289. The molecule has 0 unspecified atom stereocenters. The molecule has 0 heterocycles. The van der Waals surface area contributed by atoms with Crippen molar-refractivity contribution in [2.75, 3.05) is 0 Å². The molecule has 2 aliphatic carbocycles. The van der Waals surface area contributed by atoms with Gasteiger partial charge in [0.15, 0.2) is 0 Å². The molecule has 190 valence electrons. The Balaban J connectivity index is 1.68. The Kier molecular flexibility index (Phi) is 7.01. The fraction of sp³-hybridized carbons (Fsp3) is 0.455. The maximum Gasteiger partial charge on any atom is 0.126 e. The molecule has 3 N–H and O–H groups in total. The molecule has 0 aliphatic heterocycles. The minimum absolute atomic E-state index is 0.289. The maximum atomic E-state index is 11.4. The second kappa shape index (κ2) is 10.2. The predicted molar refractivity (Wildman–Crippen MR) is 148 cm³/mol. The molecule has 5 rings (SSSR count). The third-order valence-corrected chi connectivity index (χ3v) is 8.73. The first-order chi connectivity index (χ1) is 17.3. The van der Waals surface area contributed by atoms with Gasteiger partial charge in [0.05, 0.1) is 0 Å². The molecular formula is C33H40O3. The van der Waals surface area contributed by atoms with Gasteiger partial charge in [-0.15, -0.1) is 0 Å². The standard InChI is InChI=1S/C33H40O3/c1-20-14-15-27(25-16-21(2)31(34)28(18-25)23-10-6-4-7-11-23)30(33(20)36)26-17-22(3)32(35)29(19-26)24-12-8-5-9-13-24/h14-19,23-24,34-36H,4-13H2,1-3H3. The van der Waals surface area contributed by atoms with Gasteiger partial charge in [-0.3, -0.25) is 0 Å². The molecule has 0 radical (unpaired) electrons. The number of aromatic hydroxyl groups is 3. The summed E-state index contributed by atoms with van der Waals surface area (Å²) in [7, 11) is 0. The summed E-state index contributed by atoms with van der Waals surface area (Å²) >= 11 is 0. The van der Waals surface area contributed by atoms with Gasteiger partial charge >= 0.3 is 0 Å². The van der Waals surface area contributed by atoms with Crippen LogP contribution in [0.5, 0.6) is 17.2 Å². The number of benzene rings is 3. The minimum Gasteiger partial charge on any atom is -0.507 e. The lowest BCUT2D eigenvalue weighted by atomic mass is 9.80. The molecule has 36 heavy (non-hydrogen) atoms. The van der Waals surface area contributed by atoms with Crippen LogP contribution in [0.1, 0.15) is 104 Å². The first-order valence-electron chi connectivity index (χ1n) is 13.9. The second-order valence-electron chi connectivity index (χ2n) is 11.3. The average molecular weight is 485 g/mol. The van der Waals surface area contributed by atoms with E-state index in [1.165, 1.54) is 38.5 Å². The summed E-state index contributed by atoms with van der Waals surface area (Å²) in [5.74, 6) is 1.86. The van der Waals surface area contributed by atoms with Crippen molar-refractivity contribution in [3.8, 4) is 39.5 Å². The number of hydrogen-bond donors (Lipinski definition) is 3. The molecular weight excluding hydrogens is 444 g/mol. The van der Waals surface area contributed by atoms with E-state index in [2.05, 4.69) is 18.2 Å². The van der Waals surface area contributed by atoms with Gasteiger partial charge in [-0.1, -0.05) is 50.7 Å². The van der Waals surface area contributed by atoms with E-state index < -0.39 is 0 Å². The van der Waals surface area contributed by atoms with Crippen molar-refractivity contribution in [1.29, 1.82) is 0 Å². The van der Waals surface area contributed by atoms with Crippen molar-refractivity contribution in [2.24, 2.45) is 0 Å². The molecule has 3 aromatic carbocycles. The van der Waals surface area contributed by atoms with Crippen LogP contribution in [-0.2, 0) is 0 Å². The summed E-state index contributed by atoms with van der Waals surface area (Å²) in [5.41, 5.74) is 8.39. The van der Waals surface area contributed by atoms with Gasteiger partial charge in [-0.25, -0.2) is 0 Å². The van der Waals surface area contributed by atoms with E-state index in [4.69, 9.17) is 0 Å². The highest BCUT2D eigenvalue weighted by Crippen LogP contribution is 2.47. The van der Waals surface area contributed by atoms with Crippen LogP contribution < -0.4 is 0 Å². The van der Waals surface area contributed by atoms with E-state index in [0.29, 0.717) is 23.3 Å². The third-order valence-electron chi connectivity index (χ3n) is 8.73. The van der Waals surface area contributed by atoms with E-state index in [0.717, 1.165) is 75.8 Å². The highest BCUT2D eigenvalue weighted by Gasteiger charge is 2.25. The van der Waals surface area contributed by atoms with Gasteiger partial charge in [0.1, 0.15) is 17.2 Å². The van der Waals surface area contributed by atoms with Gasteiger partial charge in [0.2, 0.25) is 0 Å². The van der Waals surface area contributed by atoms with Crippen molar-refractivity contribution in [3.05, 3.63) is 64.2 Å². The van der Waals surface area contributed by atoms with Crippen molar-refractivity contribution >= 4 is 0 Å². The van der Waals surface area contributed by atoms with Crippen LogP contribution in [0.2, 0.25) is 0 Å². The number of rotatable bonds is 4. The summed E-state index contributed by atoms with van der Waals surface area (Å²) in [6.07, 6.45) is 11.8. The van der Waals surface area contributed by atoms with Crippen LogP contribution in [0.3, 0.4) is 0 Å². The zero-order valence-corrected chi connectivity index (χ0v) is 22.0. The molecule has 0 spiro atoms. The molecule has 0 saturated heterocycles. The van der Waals surface area contributed by atoms with Crippen LogP contribution in [0.4, 0.5) is 0 Å². The Morgan fingerprint density at radius 3 is 1.53 bits per heavy atom. The predicted octanol–water partition coefficient (Wildman–Crippen LogP) is 9.16.